The second kappa shape index (κ2) is 5.34. The maximum atomic E-state index is 12.4. The van der Waals surface area contributed by atoms with Crippen molar-refractivity contribution in [2.45, 2.75) is 26.2 Å². The molecule has 3 nitrogen and oxygen atoms in total. The molecule has 0 aliphatic rings. The van der Waals surface area contributed by atoms with Crippen LogP contribution in [-0.4, -0.2) is 16.8 Å². The largest absolute Gasteiger partial charge is 0.435 e. The first-order chi connectivity index (χ1) is 8.90. The van der Waals surface area contributed by atoms with Crippen molar-refractivity contribution >= 4 is 11.3 Å². The molecule has 2 aromatic heterocycles. The molecule has 2 aromatic rings. The van der Waals surface area contributed by atoms with E-state index in [2.05, 4.69) is 10.4 Å². The van der Waals surface area contributed by atoms with Crippen LogP contribution in [0.4, 0.5) is 13.2 Å². The smallest absolute Gasteiger partial charge is 0.315 e. The van der Waals surface area contributed by atoms with Crippen molar-refractivity contribution < 1.29 is 13.2 Å². The van der Waals surface area contributed by atoms with Gasteiger partial charge in [-0.15, -0.1) is 11.3 Å². The Balaban J connectivity index is 2.15. The average Bonchev–Trinajstić information content (AvgIpc) is 2.87. The van der Waals surface area contributed by atoms with Gasteiger partial charge in [-0.3, -0.25) is 4.68 Å². The standard InChI is InChI=1S/C12H14F3N3S/c1-8-9(5-10(19-8)6-16-2)7-18-4-3-11(17-18)12(13,14)15/h3-5,16H,6-7H2,1-2H3. The fourth-order valence-corrected chi connectivity index (χ4v) is 2.85. The van der Waals surface area contributed by atoms with Crippen LogP contribution in [0.15, 0.2) is 18.3 Å². The van der Waals surface area contributed by atoms with E-state index in [1.165, 1.54) is 15.8 Å². The highest BCUT2D eigenvalue weighted by atomic mass is 32.1. The van der Waals surface area contributed by atoms with E-state index in [9.17, 15) is 13.2 Å². The van der Waals surface area contributed by atoms with E-state index in [4.69, 9.17) is 0 Å². The summed E-state index contributed by atoms with van der Waals surface area (Å²) in [6.07, 6.45) is -3.02. The van der Waals surface area contributed by atoms with Gasteiger partial charge in [0.15, 0.2) is 5.69 Å². The zero-order valence-corrected chi connectivity index (χ0v) is 11.4. The summed E-state index contributed by atoms with van der Waals surface area (Å²) in [4.78, 5) is 2.27. The van der Waals surface area contributed by atoms with Gasteiger partial charge in [-0.2, -0.15) is 18.3 Å². The quantitative estimate of drug-likeness (QED) is 0.937. The number of hydrogen-bond acceptors (Lipinski definition) is 3. The Morgan fingerprint density at radius 2 is 2.16 bits per heavy atom. The van der Waals surface area contributed by atoms with Crippen LogP contribution in [0.5, 0.6) is 0 Å². The van der Waals surface area contributed by atoms with Crippen molar-refractivity contribution in [3.05, 3.63) is 39.3 Å². The summed E-state index contributed by atoms with van der Waals surface area (Å²) >= 11 is 1.64. The predicted octanol–water partition coefficient (Wildman–Crippen LogP) is 3.04. The SMILES string of the molecule is CNCc1cc(Cn2ccc(C(F)(F)F)n2)c(C)s1. The molecule has 19 heavy (non-hydrogen) atoms. The Labute approximate surface area is 113 Å². The summed E-state index contributed by atoms with van der Waals surface area (Å²) < 4.78 is 38.6. The number of thiophene rings is 1. The van der Waals surface area contributed by atoms with Crippen molar-refractivity contribution in [2.75, 3.05) is 7.05 Å². The second-order valence-corrected chi connectivity index (χ2v) is 5.56. The first kappa shape index (κ1) is 14.1. The van der Waals surface area contributed by atoms with Crippen LogP contribution in [0.3, 0.4) is 0 Å². The fraction of sp³-hybridized carbons (Fsp3) is 0.417. The molecule has 0 aliphatic carbocycles. The van der Waals surface area contributed by atoms with Gasteiger partial charge in [0.2, 0.25) is 0 Å². The topological polar surface area (TPSA) is 29.9 Å². The molecule has 0 aliphatic heterocycles. The zero-order chi connectivity index (χ0) is 14.0. The maximum absolute atomic E-state index is 12.4. The Morgan fingerprint density at radius 1 is 1.42 bits per heavy atom. The lowest BCUT2D eigenvalue weighted by Gasteiger charge is -2.02. The third-order valence-corrected chi connectivity index (χ3v) is 3.78. The molecule has 0 saturated heterocycles. The third kappa shape index (κ3) is 3.36. The van der Waals surface area contributed by atoms with Crippen LogP contribution < -0.4 is 5.32 Å². The highest BCUT2D eigenvalue weighted by molar-refractivity contribution is 7.12. The molecule has 0 atom stereocenters. The van der Waals surface area contributed by atoms with Crippen molar-refractivity contribution in [1.82, 2.24) is 15.1 Å². The number of hydrogen-bond donors (Lipinski definition) is 1. The maximum Gasteiger partial charge on any atom is 0.435 e. The highest BCUT2D eigenvalue weighted by Crippen LogP contribution is 2.28. The lowest BCUT2D eigenvalue weighted by molar-refractivity contribution is -0.141. The summed E-state index contributed by atoms with van der Waals surface area (Å²) in [6.45, 7) is 3.09. The first-order valence-corrected chi connectivity index (χ1v) is 6.55. The van der Waals surface area contributed by atoms with Crippen molar-refractivity contribution in [2.24, 2.45) is 0 Å². The van der Waals surface area contributed by atoms with Crippen LogP contribution in [0.2, 0.25) is 0 Å². The summed E-state index contributed by atoms with van der Waals surface area (Å²) in [5.74, 6) is 0. The molecular weight excluding hydrogens is 275 g/mol. The van der Waals surface area contributed by atoms with Crippen LogP contribution in [-0.2, 0) is 19.3 Å². The fourth-order valence-electron chi connectivity index (χ4n) is 1.78. The number of halogens is 3. The molecule has 0 radical (unpaired) electrons. The molecule has 0 fully saturated rings. The molecule has 0 amide bonds. The molecule has 2 heterocycles. The minimum atomic E-state index is -4.38. The molecule has 0 aromatic carbocycles. The Bertz CT molecular complexity index is 557. The van der Waals surface area contributed by atoms with Crippen molar-refractivity contribution in [1.29, 1.82) is 0 Å². The molecule has 0 unspecified atom stereocenters. The van der Waals surface area contributed by atoms with Gasteiger partial charge in [0.1, 0.15) is 0 Å². The lowest BCUT2D eigenvalue weighted by atomic mass is 10.2. The number of nitrogens with one attached hydrogen (secondary N) is 1. The predicted molar refractivity (Wildman–Crippen MR) is 68.2 cm³/mol. The molecule has 0 bridgehead atoms. The van der Waals surface area contributed by atoms with Gasteiger partial charge < -0.3 is 5.32 Å². The monoisotopic (exact) mass is 289 g/mol. The Kier molecular flexibility index (Phi) is 3.96. The summed E-state index contributed by atoms with van der Waals surface area (Å²) in [7, 11) is 1.86. The highest BCUT2D eigenvalue weighted by Gasteiger charge is 2.33. The molecule has 0 spiro atoms. The normalized spacial score (nSPS) is 12.1. The lowest BCUT2D eigenvalue weighted by Crippen LogP contribution is -2.08. The van der Waals surface area contributed by atoms with E-state index in [0.29, 0.717) is 6.54 Å². The van der Waals surface area contributed by atoms with Crippen LogP contribution in [0, 0.1) is 6.92 Å². The Morgan fingerprint density at radius 3 is 2.74 bits per heavy atom. The van der Waals surface area contributed by atoms with E-state index in [1.54, 1.807) is 11.3 Å². The average molecular weight is 289 g/mol. The molecule has 104 valence electrons. The number of rotatable bonds is 4. The third-order valence-electron chi connectivity index (χ3n) is 2.69. The second-order valence-electron chi connectivity index (χ2n) is 4.22. The molecule has 0 saturated carbocycles. The summed E-state index contributed by atoms with van der Waals surface area (Å²) in [5, 5.41) is 6.61. The number of aromatic nitrogens is 2. The van der Waals surface area contributed by atoms with E-state index >= 15 is 0 Å². The Hall–Kier alpha value is -1.34. The van der Waals surface area contributed by atoms with Crippen molar-refractivity contribution in [3.63, 3.8) is 0 Å². The molecular formula is C12H14F3N3S. The van der Waals surface area contributed by atoms with E-state index in [0.717, 1.165) is 23.1 Å². The summed E-state index contributed by atoms with van der Waals surface area (Å²) in [5.41, 5.74) is 0.155. The van der Waals surface area contributed by atoms with Gasteiger partial charge in [-0.25, -0.2) is 0 Å². The number of alkyl halides is 3. The van der Waals surface area contributed by atoms with Crippen molar-refractivity contribution in [3.8, 4) is 0 Å². The van der Waals surface area contributed by atoms with E-state index in [-0.39, 0.29) is 0 Å². The van der Waals surface area contributed by atoms with Gasteiger partial charge in [0.05, 0.1) is 6.54 Å². The zero-order valence-electron chi connectivity index (χ0n) is 10.6. The van der Waals surface area contributed by atoms with Crippen LogP contribution in [0.25, 0.3) is 0 Å². The van der Waals surface area contributed by atoms with Gasteiger partial charge in [0, 0.05) is 22.5 Å². The van der Waals surface area contributed by atoms with Gasteiger partial charge in [-0.1, -0.05) is 0 Å². The minimum Gasteiger partial charge on any atom is -0.315 e. The molecule has 2 rings (SSSR count). The van der Waals surface area contributed by atoms with Gasteiger partial charge >= 0.3 is 6.18 Å². The summed E-state index contributed by atoms with van der Waals surface area (Å²) in [6, 6.07) is 3.00. The first-order valence-electron chi connectivity index (χ1n) is 5.73. The molecule has 1 N–H and O–H groups in total. The number of nitrogens with zero attached hydrogens (tertiary/aromatic N) is 2. The minimum absolute atomic E-state index is 0.363. The number of aryl methyl sites for hydroxylation is 1. The van der Waals surface area contributed by atoms with E-state index in [1.807, 2.05) is 20.0 Å². The van der Waals surface area contributed by atoms with Crippen LogP contribution in [0.1, 0.15) is 21.0 Å². The van der Waals surface area contributed by atoms with Gasteiger partial charge in [-0.05, 0) is 31.7 Å². The van der Waals surface area contributed by atoms with Gasteiger partial charge in [0.25, 0.3) is 0 Å². The van der Waals surface area contributed by atoms with E-state index < -0.39 is 11.9 Å². The van der Waals surface area contributed by atoms with Crippen LogP contribution >= 0.6 is 11.3 Å². The molecule has 7 heteroatoms.